The zero-order chi connectivity index (χ0) is 24.7. The third-order valence-corrected chi connectivity index (χ3v) is 5.50. The minimum Gasteiger partial charge on any atom is -0.494 e. The molecule has 1 aromatic heterocycles. The van der Waals surface area contributed by atoms with Gasteiger partial charge in [-0.2, -0.15) is 0 Å². The summed E-state index contributed by atoms with van der Waals surface area (Å²) in [6.07, 6.45) is 2.54. The molecule has 0 aliphatic heterocycles. The number of carboxylic acids is 1. The minimum absolute atomic E-state index is 0.0225. The first-order chi connectivity index (χ1) is 16.3. The SMILES string of the molecule is Cc1ccc(C(=O)c2cccn2CCCOc2cccc(C(=O)N[C@H](C(=O)O)C(C)C)c2)cc1. The van der Waals surface area contributed by atoms with Crippen molar-refractivity contribution < 1.29 is 24.2 Å². The van der Waals surface area contributed by atoms with Gasteiger partial charge in [0.05, 0.1) is 12.3 Å². The second-order valence-electron chi connectivity index (χ2n) is 8.55. The first kappa shape index (κ1) is 24.8. The van der Waals surface area contributed by atoms with Crippen molar-refractivity contribution in [3.05, 3.63) is 89.2 Å². The van der Waals surface area contributed by atoms with Gasteiger partial charge in [0.15, 0.2) is 0 Å². The van der Waals surface area contributed by atoms with E-state index in [4.69, 9.17) is 4.74 Å². The molecule has 0 bridgehead atoms. The lowest BCUT2D eigenvalue weighted by Crippen LogP contribution is -2.44. The van der Waals surface area contributed by atoms with Crippen LogP contribution in [0, 0.1) is 12.8 Å². The Morgan fingerprint density at radius 2 is 1.74 bits per heavy atom. The fourth-order valence-corrected chi connectivity index (χ4v) is 3.56. The largest absolute Gasteiger partial charge is 0.494 e. The number of carbonyl (C=O) groups is 3. The standard InChI is InChI=1S/C27H30N2O5/c1-18(2)24(27(32)33)28-26(31)21-7-4-8-22(17-21)34-16-6-15-29-14-5-9-23(29)25(30)20-12-10-19(3)11-13-20/h4-5,7-14,17-18,24H,6,15-16H2,1-3H3,(H,28,31)(H,32,33)/t24-/m0/s1. The predicted molar refractivity (Wildman–Crippen MR) is 129 cm³/mol. The fraction of sp³-hybridized carbons (Fsp3) is 0.296. The van der Waals surface area contributed by atoms with E-state index >= 15 is 0 Å². The molecule has 0 spiro atoms. The highest BCUT2D eigenvalue weighted by molar-refractivity contribution is 6.08. The maximum Gasteiger partial charge on any atom is 0.326 e. The Labute approximate surface area is 199 Å². The second-order valence-corrected chi connectivity index (χ2v) is 8.55. The summed E-state index contributed by atoms with van der Waals surface area (Å²) in [5, 5.41) is 11.8. The maximum absolute atomic E-state index is 12.8. The van der Waals surface area contributed by atoms with Crippen molar-refractivity contribution in [1.29, 1.82) is 0 Å². The predicted octanol–water partition coefficient (Wildman–Crippen LogP) is 4.34. The van der Waals surface area contributed by atoms with Crippen LogP contribution in [-0.2, 0) is 11.3 Å². The molecule has 0 fully saturated rings. The molecule has 3 rings (SSSR count). The minimum atomic E-state index is -1.07. The van der Waals surface area contributed by atoms with E-state index in [0.29, 0.717) is 42.1 Å². The first-order valence-corrected chi connectivity index (χ1v) is 11.3. The van der Waals surface area contributed by atoms with Crippen molar-refractivity contribution in [3.63, 3.8) is 0 Å². The van der Waals surface area contributed by atoms with Gasteiger partial charge >= 0.3 is 5.97 Å². The Bertz CT molecular complexity index is 1150. The molecular formula is C27H30N2O5. The van der Waals surface area contributed by atoms with Gasteiger partial charge in [-0.1, -0.05) is 49.7 Å². The van der Waals surface area contributed by atoms with Crippen molar-refractivity contribution in [2.75, 3.05) is 6.61 Å². The molecule has 0 aliphatic carbocycles. The van der Waals surface area contributed by atoms with Crippen LogP contribution in [-0.4, -0.2) is 40.0 Å². The number of aryl methyl sites for hydroxylation is 2. The number of hydrogen-bond acceptors (Lipinski definition) is 4. The molecule has 0 saturated carbocycles. The van der Waals surface area contributed by atoms with E-state index in [1.807, 2.05) is 54.1 Å². The van der Waals surface area contributed by atoms with E-state index in [2.05, 4.69) is 5.32 Å². The zero-order valence-corrected chi connectivity index (χ0v) is 19.7. The number of amides is 1. The summed E-state index contributed by atoms with van der Waals surface area (Å²) in [7, 11) is 0. The van der Waals surface area contributed by atoms with E-state index in [-0.39, 0.29) is 11.7 Å². The number of ether oxygens (including phenoxy) is 1. The average Bonchev–Trinajstić information content (AvgIpc) is 3.28. The smallest absolute Gasteiger partial charge is 0.326 e. The van der Waals surface area contributed by atoms with Gasteiger partial charge in [0.2, 0.25) is 5.78 Å². The molecule has 0 saturated heterocycles. The van der Waals surface area contributed by atoms with E-state index in [0.717, 1.165) is 5.56 Å². The topological polar surface area (TPSA) is 97.6 Å². The van der Waals surface area contributed by atoms with Gasteiger partial charge in [-0.05, 0) is 49.6 Å². The number of carboxylic acid groups (broad SMARTS) is 1. The van der Waals surface area contributed by atoms with Gasteiger partial charge in [0.1, 0.15) is 11.8 Å². The molecule has 0 radical (unpaired) electrons. The summed E-state index contributed by atoms with van der Waals surface area (Å²) >= 11 is 0. The van der Waals surface area contributed by atoms with Gasteiger partial charge in [0.25, 0.3) is 5.91 Å². The fourth-order valence-electron chi connectivity index (χ4n) is 3.56. The van der Waals surface area contributed by atoms with Gasteiger partial charge < -0.3 is 19.7 Å². The van der Waals surface area contributed by atoms with Crippen LogP contribution < -0.4 is 10.1 Å². The Morgan fingerprint density at radius 1 is 1.00 bits per heavy atom. The van der Waals surface area contributed by atoms with Crippen molar-refractivity contribution in [2.24, 2.45) is 5.92 Å². The number of nitrogens with one attached hydrogen (secondary N) is 1. The van der Waals surface area contributed by atoms with Gasteiger partial charge in [-0.25, -0.2) is 4.79 Å². The Morgan fingerprint density at radius 3 is 2.41 bits per heavy atom. The number of ketones is 1. The van der Waals surface area contributed by atoms with Crippen LogP contribution in [0.5, 0.6) is 5.75 Å². The number of nitrogens with zero attached hydrogens (tertiary/aromatic N) is 1. The molecule has 3 aromatic rings. The Kier molecular flexibility index (Phi) is 8.24. The van der Waals surface area contributed by atoms with Gasteiger partial charge in [-0.15, -0.1) is 0 Å². The summed E-state index contributed by atoms with van der Waals surface area (Å²) in [5.41, 5.74) is 2.72. The molecule has 2 N–H and O–H groups in total. The zero-order valence-electron chi connectivity index (χ0n) is 19.7. The molecule has 178 valence electrons. The van der Waals surface area contributed by atoms with Gasteiger partial charge in [-0.3, -0.25) is 9.59 Å². The molecule has 1 atom stereocenters. The molecule has 1 heterocycles. The number of benzene rings is 2. The maximum atomic E-state index is 12.8. The van der Waals surface area contributed by atoms with Crippen LogP contribution in [0.15, 0.2) is 66.9 Å². The average molecular weight is 463 g/mol. The van der Waals surface area contributed by atoms with E-state index in [1.54, 1.807) is 38.1 Å². The van der Waals surface area contributed by atoms with Gasteiger partial charge in [0, 0.05) is 23.9 Å². The number of rotatable bonds is 11. The highest BCUT2D eigenvalue weighted by Crippen LogP contribution is 2.16. The van der Waals surface area contributed by atoms with E-state index in [9.17, 15) is 19.5 Å². The Balaban J connectivity index is 1.55. The van der Waals surface area contributed by atoms with E-state index < -0.39 is 17.9 Å². The van der Waals surface area contributed by atoms with Crippen molar-refractivity contribution >= 4 is 17.7 Å². The Hall–Kier alpha value is -3.87. The highest BCUT2D eigenvalue weighted by Gasteiger charge is 2.24. The number of aromatic nitrogens is 1. The normalized spacial score (nSPS) is 11.8. The third-order valence-electron chi connectivity index (χ3n) is 5.50. The number of aliphatic carboxylic acids is 1. The first-order valence-electron chi connectivity index (χ1n) is 11.3. The van der Waals surface area contributed by atoms with Crippen LogP contribution in [0.3, 0.4) is 0 Å². The summed E-state index contributed by atoms with van der Waals surface area (Å²) in [5.74, 6) is -1.27. The highest BCUT2D eigenvalue weighted by atomic mass is 16.5. The number of hydrogen-bond donors (Lipinski definition) is 2. The lowest BCUT2D eigenvalue weighted by atomic mass is 10.0. The summed E-state index contributed by atoms with van der Waals surface area (Å²) in [6.45, 7) is 6.46. The van der Waals surface area contributed by atoms with Crippen LogP contribution in [0.1, 0.15) is 52.2 Å². The van der Waals surface area contributed by atoms with Crippen molar-refractivity contribution in [1.82, 2.24) is 9.88 Å². The van der Waals surface area contributed by atoms with Crippen LogP contribution in [0.25, 0.3) is 0 Å². The third kappa shape index (κ3) is 6.34. The monoisotopic (exact) mass is 462 g/mol. The molecule has 34 heavy (non-hydrogen) atoms. The summed E-state index contributed by atoms with van der Waals surface area (Å²) < 4.78 is 7.71. The molecular weight excluding hydrogens is 432 g/mol. The molecule has 2 aromatic carbocycles. The van der Waals surface area contributed by atoms with Crippen molar-refractivity contribution in [2.45, 2.75) is 39.8 Å². The second kappa shape index (κ2) is 11.3. The van der Waals surface area contributed by atoms with Crippen molar-refractivity contribution in [3.8, 4) is 5.75 Å². The molecule has 7 heteroatoms. The number of carbonyl (C=O) groups excluding carboxylic acids is 2. The summed E-state index contributed by atoms with van der Waals surface area (Å²) in [4.78, 5) is 36.6. The van der Waals surface area contributed by atoms with Crippen LogP contribution in [0.2, 0.25) is 0 Å². The molecule has 1 amide bonds. The molecule has 0 aliphatic rings. The quantitative estimate of drug-likeness (QED) is 0.326. The lowest BCUT2D eigenvalue weighted by Gasteiger charge is -2.18. The van der Waals surface area contributed by atoms with Crippen LogP contribution >= 0.6 is 0 Å². The van der Waals surface area contributed by atoms with E-state index in [1.165, 1.54) is 0 Å². The summed E-state index contributed by atoms with van der Waals surface area (Å²) in [6, 6.07) is 16.9. The van der Waals surface area contributed by atoms with Crippen LogP contribution in [0.4, 0.5) is 0 Å². The molecule has 0 unspecified atom stereocenters. The molecule has 7 nitrogen and oxygen atoms in total. The lowest BCUT2D eigenvalue weighted by molar-refractivity contribution is -0.140.